The van der Waals surface area contributed by atoms with Crippen molar-refractivity contribution in [3.63, 3.8) is 0 Å². The molecule has 0 saturated carbocycles. The zero-order valence-corrected chi connectivity index (χ0v) is 6.37. The van der Waals surface area contributed by atoms with Crippen LogP contribution in [0.5, 0.6) is 0 Å². The lowest BCUT2D eigenvalue weighted by Crippen LogP contribution is -2.24. The fourth-order valence-electron chi connectivity index (χ4n) is 0.815. The smallest absolute Gasteiger partial charge is 0.279 e. The van der Waals surface area contributed by atoms with E-state index in [1.807, 2.05) is 0 Å². The van der Waals surface area contributed by atoms with Gasteiger partial charge in [-0.2, -0.15) is 0 Å². The van der Waals surface area contributed by atoms with E-state index in [2.05, 4.69) is 0 Å². The van der Waals surface area contributed by atoms with Crippen LogP contribution in [0.25, 0.3) is 0 Å². The van der Waals surface area contributed by atoms with Gasteiger partial charge in [-0.05, 0) is 0 Å². The van der Waals surface area contributed by atoms with E-state index in [0.717, 1.165) is 0 Å². The van der Waals surface area contributed by atoms with Gasteiger partial charge in [-0.3, -0.25) is 19.0 Å². The van der Waals surface area contributed by atoms with Crippen molar-refractivity contribution >= 4 is 5.91 Å². The molecule has 5 nitrogen and oxygen atoms in total. The van der Waals surface area contributed by atoms with Crippen LogP contribution in [0.4, 0.5) is 0 Å². The fraction of sp³-hybridized carbons (Fsp3) is 0.333. The monoisotopic (exact) mass is 155 g/mol. The van der Waals surface area contributed by atoms with Gasteiger partial charge >= 0.3 is 0 Å². The molecular weight excluding hydrogens is 146 g/mol. The largest absolute Gasteiger partial charge is 0.365 e. The molecule has 0 aromatic carbocycles. The van der Waals surface area contributed by atoms with Crippen molar-refractivity contribution in [1.82, 2.24) is 9.36 Å². The normalized spacial score (nSPS) is 10.0. The second-order valence-corrected chi connectivity index (χ2v) is 2.31. The van der Waals surface area contributed by atoms with Gasteiger partial charge in [0.1, 0.15) is 5.56 Å². The van der Waals surface area contributed by atoms with Gasteiger partial charge in [0.25, 0.3) is 11.5 Å². The minimum absolute atomic E-state index is 0.0231. The highest BCUT2D eigenvalue weighted by molar-refractivity contribution is 5.92. The maximum absolute atomic E-state index is 11.1. The van der Waals surface area contributed by atoms with Crippen molar-refractivity contribution in [2.24, 2.45) is 19.8 Å². The molecule has 60 valence electrons. The van der Waals surface area contributed by atoms with Crippen LogP contribution >= 0.6 is 0 Å². The van der Waals surface area contributed by atoms with Crippen LogP contribution in [0.3, 0.4) is 0 Å². The Morgan fingerprint density at radius 1 is 1.55 bits per heavy atom. The van der Waals surface area contributed by atoms with E-state index in [9.17, 15) is 9.59 Å². The van der Waals surface area contributed by atoms with E-state index in [1.165, 1.54) is 15.6 Å². The van der Waals surface area contributed by atoms with E-state index in [-0.39, 0.29) is 11.1 Å². The molecule has 0 aliphatic heterocycles. The third kappa shape index (κ3) is 1.04. The van der Waals surface area contributed by atoms with Crippen LogP contribution < -0.4 is 11.3 Å². The van der Waals surface area contributed by atoms with E-state index >= 15 is 0 Å². The first-order valence-corrected chi connectivity index (χ1v) is 3.06. The number of nitrogens with two attached hydrogens (primary N) is 1. The average Bonchev–Trinajstić information content (AvgIpc) is 2.17. The number of primary amides is 1. The summed E-state index contributed by atoms with van der Waals surface area (Å²) in [5.41, 5.74) is 4.59. The SMILES string of the molecule is Cn1cc(C(N)=O)c(=O)n1C. The van der Waals surface area contributed by atoms with Crippen molar-refractivity contribution in [2.45, 2.75) is 0 Å². The number of carbonyl (C=O) groups is 1. The zero-order chi connectivity index (χ0) is 8.59. The van der Waals surface area contributed by atoms with Gasteiger partial charge in [-0.1, -0.05) is 0 Å². The number of rotatable bonds is 1. The molecule has 1 aromatic rings. The van der Waals surface area contributed by atoms with E-state index < -0.39 is 5.91 Å². The summed E-state index contributed by atoms with van der Waals surface area (Å²) in [6, 6.07) is 0. The van der Waals surface area contributed by atoms with E-state index in [1.54, 1.807) is 14.1 Å². The molecule has 0 unspecified atom stereocenters. The van der Waals surface area contributed by atoms with Gasteiger partial charge in [-0.25, -0.2) is 0 Å². The predicted molar refractivity (Wildman–Crippen MR) is 39.2 cm³/mol. The van der Waals surface area contributed by atoms with Gasteiger partial charge in [-0.15, -0.1) is 0 Å². The molecule has 1 aromatic heterocycles. The molecule has 11 heavy (non-hydrogen) atoms. The van der Waals surface area contributed by atoms with Crippen molar-refractivity contribution in [1.29, 1.82) is 0 Å². The summed E-state index contributed by atoms with van der Waals surface area (Å²) >= 11 is 0. The number of hydrogen-bond donors (Lipinski definition) is 1. The summed E-state index contributed by atoms with van der Waals surface area (Å²) in [5.74, 6) is -0.689. The highest BCUT2D eigenvalue weighted by atomic mass is 16.2. The highest BCUT2D eigenvalue weighted by Gasteiger charge is 2.10. The highest BCUT2D eigenvalue weighted by Crippen LogP contribution is 1.88. The Balaban J connectivity index is 3.42. The Morgan fingerprint density at radius 2 is 2.09 bits per heavy atom. The molecule has 0 saturated heterocycles. The first-order valence-electron chi connectivity index (χ1n) is 3.06. The van der Waals surface area contributed by atoms with Crippen LogP contribution in [-0.2, 0) is 14.1 Å². The number of aromatic nitrogens is 2. The van der Waals surface area contributed by atoms with Crippen molar-refractivity contribution in [3.8, 4) is 0 Å². The number of amides is 1. The minimum Gasteiger partial charge on any atom is -0.365 e. The molecule has 2 N–H and O–H groups in total. The number of hydrogen-bond acceptors (Lipinski definition) is 2. The first kappa shape index (κ1) is 7.59. The van der Waals surface area contributed by atoms with Crippen LogP contribution in [0.1, 0.15) is 10.4 Å². The van der Waals surface area contributed by atoms with Crippen molar-refractivity contribution in [3.05, 3.63) is 22.1 Å². The Morgan fingerprint density at radius 3 is 2.27 bits per heavy atom. The summed E-state index contributed by atoms with van der Waals surface area (Å²) < 4.78 is 2.81. The first-order chi connectivity index (χ1) is 5.04. The van der Waals surface area contributed by atoms with Crippen molar-refractivity contribution in [2.75, 3.05) is 0 Å². The lowest BCUT2D eigenvalue weighted by Gasteiger charge is -1.94. The van der Waals surface area contributed by atoms with E-state index in [0.29, 0.717) is 0 Å². The molecule has 0 radical (unpaired) electrons. The molecule has 1 heterocycles. The van der Waals surface area contributed by atoms with Crippen LogP contribution in [0, 0.1) is 0 Å². The van der Waals surface area contributed by atoms with Gasteiger partial charge in [0.2, 0.25) is 0 Å². The summed E-state index contributed by atoms with van der Waals surface area (Å²) in [7, 11) is 3.22. The quantitative estimate of drug-likeness (QED) is 0.554. The molecule has 0 aliphatic rings. The molecule has 0 fully saturated rings. The van der Waals surface area contributed by atoms with E-state index in [4.69, 9.17) is 5.73 Å². The fourth-order valence-corrected chi connectivity index (χ4v) is 0.815. The topological polar surface area (TPSA) is 70.0 Å². The number of carbonyl (C=O) groups excluding carboxylic acids is 1. The maximum Gasteiger partial charge on any atom is 0.279 e. The average molecular weight is 155 g/mol. The Kier molecular flexibility index (Phi) is 1.56. The minimum atomic E-state index is -0.689. The summed E-state index contributed by atoms with van der Waals surface area (Å²) in [4.78, 5) is 21.7. The third-order valence-corrected chi connectivity index (χ3v) is 1.58. The standard InChI is InChI=1S/C6H9N3O2/c1-8-3-4(5(7)10)6(11)9(8)2/h3H,1-2H3,(H2,7,10). The summed E-state index contributed by atoms with van der Waals surface area (Å²) in [5, 5.41) is 0. The lowest BCUT2D eigenvalue weighted by molar-refractivity contribution is 0.0999. The molecule has 1 amide bonds. The zero-order valence-electron chi connectivity index (χ0n) is 6.37. The Hall–Kier alpha value is -1.52. The molecule has 0 atom stereocenters. The number of aryl methyl sites for hydroxylation is 1. The molecule has 0 aliphatic carbocycles. The van der Waals surface area contributed by atoms with Crippen molar-refractivity contribution < 1.29 is 4.79 Å². The van der Waals surface area contributed by atoms with Gasteiger partial charge in [0, 0.05) is 20.3 Å². The third-order valence-electron chi connectivity index (χ3n) is 1.58. The van der Waals surface area contributed by atoms with Gasteiger partial charge in [0.15, 0.2) is 0 Å². The van der Waals surface area contributed by atoms with Crippen LogP contribution in [0.15, 0.2) is 11.0 Å². The Labute approximate surface area is 63.0 Å². The lowest BCUT2D eigenvalue weighted by atomic mass is 10.3. The summed E-state index contributed by atoms with van der Waals surface area (Å²) in [6.07, 6.45) is 1.41. The Bertz CT molecular complexity index is 347. The summed E-state index contributed by atoms with van der Waals surface area (Å²) in [6.45, 7) is 0. The number of nitrogens with zero attached hydrogens (tertiary/aromatic N) is 2. The molecule has 1 rings (SSSR count). The second kappa shape index (κ2) is 2.26. The van der Waals surface area contributed by atoms with Gasteiger partial charge in [0.05, 0.1) is 0 Å². The maximum atomic E-state index is 11.1. The molecular formula is C6H9N3O2. The molecule has 0 spiro atoms. The second-order valence-electron chi connectivity index (χ2n) is 2.31. The molecule has 5 heteroatoms. The van der Waals surface area contributed by atoms with Crippen LogP contribution in [0.2, 0.25) is 0 Å². The van der Waals surface area contributed by atoms with Crippen LogP contribution in [-0.4, -0.2) is 15.3 Å². The van der Waals surface area contributed by atoms with Gasteiger partial charge < -0.3 is 5.73 Å². The molecule has 0 bridgehead atoms. The predicted octanol–water partition coefficient (Wildman–Crippen LogP) is -1.18.